The average Bonchev–Trinajstić information content (AvgIpc) is 2.32. The van der Waals surface area contributed by atoms with Crippen LogP contribution >= 0.6 is 11.6 Å². The fraction of sp³-hybridized carbons (Fsp3) is 0.188. The summed E-state index contributed by atoms with van der Waals surface area (Å²) in [5.41, 5.74) is 2.89. The van der Waals surface area contributed by atoms with Crippen molar-refractivity contribution in [1.29, 1.82) is 0 Å². The van der Waals surface area contributed by atoms with E-state index in [1.54, 1.807) is 6.07 Å². The molecule has 0 bridgehead atoms. The summed E-state index contributed by atoms with van der Waals surface area (Å²) in [6, 6.07) is 10.0. The van der Waals surface area contributed by atoms with Crippen LogP contribution in [-0.2, 0) is 6.42 Å². The van der Waals surface area contributed by atoms with Gasteiger partial charge in [0, 0.05) is 22.6 Å². The fourth-order valence-electron chi connectivity index (χ4n) is 2.10. The highest BCUT2D eigenvalue weighted by molar-refractivity contribution is 6.31. The van der Waals surface area contributed by atoms with Gasteiger partial charge in [-0.15, -0.1) is 0 Å². The molecule has 0 aliphatic heterocycles. The maximum absolute atomic E-state index is 13.6. The van der Waals surface area contributed by atoms with E-state index in [0.29, 0.717) is 5.56 Å². The van der Waals surface area contributed by atoms with Crippen LogP contribution in [0.15, 0.2) is 36.4 Å². The van der Waals surface area contributed by atoms with Gasteiger partial charge in [0.2, 0.25) is 0 Å². The second-order valence-electron chi connectivity index (χ2n) is 4.68. The van der Waals surface area contributed by atoms with Gasteiger partial charge in [0.25, 0.3) is 0 Å². The summed E-state index contributed by atoms with van der Waals surface area (Å²) >= 11 is 5.93. The van der Waals surface area contributed by atoms with Crippen molar-refractivity contribution in [3.8, 4) is 0 Å². The Labute approximate surface area is 117 Å². The first-order valence-electron chi connectivity index (χ1n) is 6.02. The SMILES string of the molecule is Cc1cc(C)cc(C(=O)Cc2c(F)cccc2Cl)c1. The molecule has 0 spiro atoms. The molecule has 0 fully saturated rings. The van der Waals surface area contributed by atoms with Crippen LogP contribution in [0.3, 0.4) is 0 Å². The van der Waals surface area contributed by atoms with Crippen LogP contribution in [0.1, 0.15) is 27.0 Å². The lowest BCUT2D eigenvalue weighted by Crippen LogP contribution is -2.06. The van der Waals surface area contributed by atoms with Crippen LogP contribution in [0, 0.1) is 19.7 Å². The van der Waals surface area contributed by atoms with Crippen LogP contribution in [-0.4, -0.2) is 5.78 Å². The number of hydrogen-bond donors (Lipinski definition) is 0. The minimum atomic E-state index is -0.440. The predicted octanol–water partition coefficient (Wildman–Crippen LogP) is 4.52. The van der Waals surface area contributed by atoms with Gasteiger partial charge in [-0.3, -0.25) is 4.79 Å². The molecule has 0 aliphatic carbocycles. The first kappa shape index (κ1) is 13.8. The molecule has 19 heavy (non-hydrogen) atoms. The third kappa shape index (κ3) is 3.21. The Morgan fingerprint density at radius 2 is 1.79 bits per heavy atom. The predicted molar refractivity (Wildman–Crippen MR) is 75.4 cm³/mol. The zero-order valence-electron chi connectivity index (χ0n) is 10.8. The number of ketones is 1. The zero-order valence-corrected chi connectivity index (χ0v) is 11.6. The van der Waals surface area contributed by atoms with E-state index in [1.807, 2.05) is 32.0 Å². The molecule has 0 heterocycles. The second-order valence-corrected chi connectivity index (χ2v) is 5.08. The maximum Gasteiger partial charge on any atom is 0.167 e. The highest BCUT2D eigenvalue weighted by atomic mass is 35.5. The van der Waals surface area contributed by atoms with E-state index in [0.717, 1.165) is 11.1 Å². The van der Waals surface area contributed by atoms with Crippen LogP contribution in [0.25, 0.3) is 0 Å². The fourth-order valence-corrected chi connectivity index (χ4v) is 2.33. The number of carbonyl (C=O) groups excluding carboxylic acids is 1. The molecule has 0 atom stereocenters. The number of aryl methyl sites for hydroxylation is 2. The van der Waals surface area contributed by atoms with Crippen molar-refractivity contribution in [1.82, 2.24) is 0 Å². The summed E-state index contributed by atoms with van der Waals surface area (Å²) in [6.07, 6.45) is -0.0194. The molecule has 0 saturated carbocycles. The lowest BCUT2D eigenvalue weighted by molar-refractivity contribution is 0.0991. The second kappa shape index (κ2) is 5.54. The highest BCUT2D eigenvalue weighted by Crippen LogP contribution is 2.21. The van der Waals surface area contributed by atoms with Gasteiger partial charge in [-0.2, -0.15) is 0 Å². The molecule has 2 rings (SSSR count). The number of halogens is 2. The summed E-state index contributed by atoms with van der Waals surface area (Å²) < 4.78 is 13.6. The van der Waals surface area contributed by atoms with Crippen molar-refractivity contribution in [2.75, 3.05) is 0 Å². The van der Waals surface area contributed by atoms with Crippen molar-refractivity contribution in [3.63, 3.8) is 0 Å². The number of rotatable bonds is 3. The van der Waals surface area contributed by atoms with E-state index in [9.17, 15) is 9.18 Å². The number of carbonyl (C=O) groups is 1. The van der Waals surface area contributed by atoms with E-state index >= 15 is 0 Å². The standard InChI is InChI=1S/C16H14ClFO/c1-10-6-11(2)8-12(7-10)16(19)9-13-14(17)4-3-5-15(13)18/h3-8H,9H2,1-2H3. The molecule has 0 saturated heterocycles. The van der Waals surface area contributed by atoms with Crippen molar-refractivity contribution in [3.05, 3.63) is 69.5 Å². The van der Waals surface area contributed by atoms with E-state index in [-0.39, 0.29) is 22.8 Å². The summed E-state index contributed by atoms with van der Waals surface area (Å²) in [4.78, 5) is 12.2. The van der Waals surface area contributed by atoms with Gasteiger partial charge in [0.15, 0.2) is 5.78 Å². The summed E-state index contributed by atoms with van der Waals surface area (Å²) in [5.74, 6) is -0.566. The molecule has 0 aromatic heterocycles. The minimum Gasteiger partial charge on any atom is -0.294 e. The molecule has 2 aromatic rings. The van der Waals surface area contributed by atoms with Gasteiger partial charge in [-0.25, -0.2) is 4.39 Å². The Hall–Kier alpha value is -1.67. The third-order valence-electron chi connectivity index (χ3n) is 2.94. The molecule has 98 valence electrons. The minimum absolute atomic E-state index is 0.0194. The van der Waals surface area contributed by atoms with Gasteiger partial charge in [-0.1, -0.05) is 34.9 Å². The molecule has 0 aliphatic rings. The molecular weight excluding hydrogens is 263 g/mol. The Kier molecular flexibility index (Phi) is 4.01. The molecule has 3 heteroatoms. The van der Waals surface area contributed by atoms with Crippen molar-refractivity contribution >= 4 is 17.4 Å². The summed E-state index contributed by atoms with van der Waals surface area (Å²) in [5, 5.41) is 0.290. The average molecular weight is 277 g/mol. The Bertz CT molecular complexity index is 594. The normalized spacial score (nSPS) is 10.5. The van der Waals surface area contributed by atoms with E-state index < -0.39 is 5.82 Å². The van der Waals surface area contributed by atoms with Gasteiger partial charge in [-0.05, 0) is 38.1 Å². The van der Waals surface area contributed by atoms with E-state index in [4.69, 9.17) is 11.6 Å². The van der Waals surface area contributed by atoms with Crippen molar-refractivity contribution in [2.45, 2.75) is 20.3 Å². The van der Waals surface area contributed by atoms with Gasteiger partial charge >= 0.3 is 0 Å². The highest BCUT2D eigenvalue weighted by Gasteiger charge is 2.14. The van der Waals surface area contributed by atoms with Crippen LogP contribution in [0.2, 0.25) is 5.02 Å². The van der Waals surface area contributed by atoms with Gasteiger partial charge < -0.3 is 0 Å². The Balaban J connectivity index is 2.31. The van der Waals surface area contributed by atoms with Crippen LogP contribution in [0.5, 0.6) is 0 Å². The first-order chi connectivity index (χ1) is 8.97. The first-order valence-corrected chi connectivity index (χ1v) is 6.39. The molecule has 0 unspecified atom stereocenters. The van der Waals surface area contributed by atoms with Crippen molar-refractivity contribution in [2.24, 2.45) is 0 Å². The molecule has 0 amide bonds. The number of benzene rings is 2. The molecule has 0 radical (unpaired) electrons. The lowest BCUT2D eigenvalue weighted by atomic mass is 9.99. The van der Waals surface area contributed by atoms with Crippen LogP contribution in [0.4, 0.5) is 4.39 Å². The van der Waals surface area contributed by atoms with Gasteiger partial charge in [0.1, 0.15) is 5.82 Å². The quantitative estimate of drug-likeness (QED) is 0.753. The van der Waals surface area contributed by atoms with Gasteiger partial charge in [0.05, 0.1) is 0 Å². The summed E-state index contributed by atoms with van der Waals surface area (Å²) in [7, 11) is 0. The Morgan fingerprint density at radius 1 is 1.16 bits per heavy atom. The summed E-state index contributed by atoms with van der Waals surface area (Å²) in [6.45, 7) is 3.86. The van der Waals surface area contributed by atoms with Crippen LogP contribution < -0.4 is 0 Å². The third-order valence-corrected chi connectivity index (χ3v) is 3.30. The Morgan fingerprint density at radius 3 is 2.37 bits per heavy atom. The molecule has 1 nitrogen and oxygen atoms in total. The van der Waals surface area contributed by atoms with Crippen molar-refractivity contribution < 1.29 is 9.18 Å². The maximum atomic E-state index is 13.6. The largest absolute Gasteiger partial charge is 0.294 e. The molecule has 2 aromatic carbocycles. The smallest absolute Gasteiger partial charge is 0.167 e. The topological polar surface area (TPSA) is 17.1 Å². The lowest BCUT2D eigenvalue weighted by Gasteiger charge is -2.07. The number of hydrogen-bond acceptors (Lipinski definition) is 1. The van der Waals surface area contributed by atoms with E-state index in [2.05, 4.69) is 0 Å². The number of Topliss-reactive ketones (excluding diaryl/α,β-unsaturated/α-hetero) is 1. The molecule has 0 N–H and O–H groups in total. The monoisotopic (exact) mass is 276 g/mol. The van der Waals surface area contributed by atoms with E-state index in [1.165, 1.54) is 12.1 Å². The zero-order chi connectivity index (χ0) is 14.0. The molecular formula is C16H14ClFO.